The number of nitrogens with zero attached hydrogens (tertiary/aromatic N) is 4. The Morgan fingerprint density at radius 1 is 1.15 bits per heavy atom. The number of likely N-dealkylation sites (N-methyl/N-ethyl adjacent to an activating group) is 2. The third kappa shape index (κ3) is 1.78. The molecule has 2 aliphatic heterocycles. The lowest BCUT2D eigenvalue weighted by atomic mass is 10.2. The first-order chi connectivity index (χ1) is 9.59. The van der Waals surface area contributed by atoms with Gasteiger partial charge < -0.3 is 15.1 Å². The highest BCUT2D eigenvalue weighted by atomic mass is 16.2. The van der Waals surface area contributed by atoms with Crippen LogP contribution in [0.25, 0.3) is 0 Å². The Morgan fingerprint density at radius 2 is 1.85 bits per heavy atom. The van der Waals surface area contributed by atoms with E-state index in [0.717, 1.165) is 5.56 Å². The summed E-state index contributed by atoms with van der Waals surface area (Å²) in [5, 5.41) is 8.27. The summed E-state index contributed by atoms with van der Waals surface area (Å²) in [6.45, 7) is 0. The van der Waals surface area contributed by atoms with Crippen LogP contribution >= 0.6 is 0 Å². The number of benzene rings is 1. The van der Waals surface area contributed by atoms with Crippen molar-refractivity contribution in [3.05, 3.63) is 35.9 Å². The Balaban J connectivity index is 1.85. The number of nitrogens with one attached hydrogen (secondary N) is 1. The first-order valence-electron chi connectivity index (χ1n) is 6.28. The lowest BCUT2D eigenvalue weighted by Crippen LogP contribution is -2.41. The van der Waals surface area contributed by atoms with Crippen molar-refractivity contribution < 1.29 is 9.59 Å². The van der Waals surface area contributed by atoms with E-state index in [1.54, 1.807) is 20.3 Å². The van der Waals surface area contributed by atoms with Crippen molar-refractivity contribution in [1.29, 1.82) is 0 Å². The SMILES string of the molecule is CN1C(=O)N(C)C2C1NC(=O)N2/N=C\c1ccccc1. The van der Waals surface area contributed by atoms with Gasteiger partial charge in [0.25, 0.3) is 0 Å². The zero-order valence-corrected chi connectivity index (χ0v) is 11.2. The van der Waals surface area contributed by atoms with Crippen molar-refractivity contribution >= 4 is 18.3 Å². The van der Waals surface area contributed by atoms with E-state index in [0.29, 0.717) is 0 Å². The molecular weight excluding hydrogens is 258 g/mol. The maximum Gasteiger partial charge on any atom is 0.341 e. The summed E-state index contributed by atoms with van der Waals surface area (Å²) in [6, 6.07) is 9.04. The number of hydrazone groups is 1. The Morgan fingerprint density at radius 3 is 2.55 bits per heavy atom. The van der Waals surface area contributed by atoms with Crippen molar-refractivity contribution in [2.45, 2.75) is 12.3 Å². The van der Waals surface area contributed by atoms with Crippen LogP contribution in [0.4, 0.5) is 9.59 Å². The minimum Gasteiger partial charge on any atom is -0.312 e. The zero-order valence-electron chi connectivity index (χ0n) is 11.2. The van der Waals surface area contributed by atoms with Gasteiger partial charge in [-0.15, -0.1) is 0 Å². The number of amides is 4. The first-order valence-corrected chi connectivity index (χ1v) is 6.28. The van der Waals surface area contributed by atoms with E-state index in [1.165, 1.54) is 14.8 Å². The fourth-order valence-electron chi connectivity index (χ4n) is 2.46. The quantitative estimate of drug-likeness (QED) is 0.806. The van der Waals surface area contributed by atoms with E-state index in [1.807, 2.05) is 30.3 Å². The highest BCUT2D eigenvalue weighted by Gasteiger charge is 2.52. The third-order valence-corrected chi connectivity index (χ3v) is 3.56. The van der Waals surface area contributed by atoms with E-state index in [4.69, 9.17) is 0 Å². The van der Waals surface area contributed by atoms with Crippen LogP contribution in [0.2, 0.25) is 0 Å². The fourth-order valence-corrected chi connectivity index (χ4v) is 2.46. The van der Waals surface area contributed by atoms with Crippen LogP contribution in [0.1, 0.15) is 5.56 Å². The number of fused-ring (bicyclic) bond motifs is 1. The molecule has 1 aromatic carbocycles. The molecule has 2 atom stereocenters. The largest absolute Gasteiger partial charge is 0.341 e. The van der Waals surface area contributed by atoms with E-state index in [2.05, 4.69) is 10.4 Å². The molecule has 0 bridgehead atoms. The molecule has 2 aliphatic rings. The molecule has 0 radical (unpaired) electrons. The topological polar surface area (TPSA) is 68.2 Å². The van der Waals surface area contributed by atoms with Crippen LogP contribution in [-0.4, -0.2) is 59.5 Å². The summed E-state index contributed by atoms with van der Waals surface area (Å²) in [4.78, 5) is 26.8. The number of hydrogen-bond acceptors (Lipinski definition) is 3. The van der Waals surface area contributed by atoms with Crippen LogP contribution in [-0.2, 0) is 0 Å². The van der Waals surface area contributed by atoms with Crippen LogP contribution < -0.4 is 5.32 Å². The minimum atomic E-state index is -0.417. The molecular formula is C13H15N5O2. The molecule has 0 saturated carbocycles. The average molecular weight is 273 g/mol. The second kappa shape index (κ2) is 4.52. The zero-order chi connectivity index (χ0) is 14.3. The molecule has 0 aliphatic carbocycles. The van der Waals surface area contributed by atoms with Gasteiger partial charge in [-0.05, 0) is 5.56 Å². The Hall–Kier alpha value is -2.57. The second-order valence-electron chi connectivity index (χ2n) is 4.81. The Kier molecular flexibility index (Phi) is 2.81. The van der Waals surface area contributed by atoms with Gasteiger partial charge in [-0.1, -0.05) is 30.3 Å². The van der Waals surface area contributed by atoms with Crippen molar-refractivity contribution in [2.24, 2.45) is 5.10 Å². The molecule has 2 saturated heterocycles. The Labute approximate surface area is 116 Å². The number of urea groups is 2. The van der Waals surface area contributed by atoms with Crippen molar-refractivity contribution in [2.75, 3.05) is 14.1 Å². The molecule has 3 rings (SSSR count). The van der Waals surface area contributed by atoms with Gasteiger partial charge in [0.1, 0.15) is 6.17 Å². The van der Waals surface area contributed by atoms with E-state index < -0.39 is 6.17 Å². The summed E-state index contributed by atoms with van der Waals surface area (Å²) < 4.78 is 0. The summed E-state index contributed by atoms with van der Waals surface area (Å²) in [5.41, 5.74) is 0.893. The summed E-state index contributed by atoms with van der Waals surface area (Å²) in [5.74, 6) is 0. The molecule has 0 spiro atoms. The maximum atomic E-state index is 11.9. The van der Waals surface area contributed by atoms with Crippen molar-refractivity contribution in [1.82, 2.24) is 20.1 Å². The van der Waals surface area contributed by atoms with Crippen LogP contribution in [0.3, 0.4) is 0 Å². The van der Waals surface area contributed by atoms with E-state index >= 15 is 0 Å². The summed E-state index contributed by atoms with van der Waals surface area (Å²) in [6.07, 6.45) is 0.825. The maximum absolute atomic E-state index is 11.9. The van der Waals surface area contributed by atoms with Gasteiger partial charge in [0.05, 0.1) is 6.21 Å². The highest BCUT2D eigenvalue weighted by Crippen LogP contribution is 2.26. The van der Waals surface area contributed by atoms with Gasteiger partial charge in [0.15, 0.2) is 6.17 Å². The van der Waals surface area contributed by atoms with Crippen LogP contribution in [0.15, 0.2) is 35.4 Å². The summed E-state index contributed by atoms with van der Waals surface area (Å²) >= 11 is 0. The molecule has 2 fully saturated rings. The molecule has 20 heavy (non-hydrogen) atoms. The number of hydrogen-bond donors (Lipinski definition) is 1. The number of rotatable bonds is 2. The standard InChI is InChI=1S/C13H15N5O2/c1-16-10-11(17(2)13(16)20)18(12(19)15-10)14-8-9-6-4-3-5-7-9/h3-8,10-11H,1-2H3,(H,15,19)/b14-8-. The van der Waals surface area contributed by atoms with Gasteiger partial charge in [-0.2, -0.15) is 10.1 Å². The van der Waals surface area contributed by atoms with Gasteiger partial charge in [-0.3, -0.25) is 0 Å². The number of carbonyl (C=O) groups excluding carboxylic acids is 2. The van der Waals surface area contributed by atoms with Gasteiger partial charge in [0, 0.05) is 14.1 Å². The highest BCUT2D eigenvalue weighted by molar-refractivity contribution is 5.86. The predicted octanol–water partition coefficient (Wildman–Crippen LogP) is 0.695. The number of carbonyl (C=O) groups is 2. The van der Waals surface area contributed by atoms with E-state index in [-0.39, 0.29) is 18.2 Å². The molecule has 1 N–H and O–H groups in total. The van der Waals surface area contributed by atoms with Gasteiger partial charge in [0.2, 0.25) is 0 Å². The first kappa shape index (κ1) is 12.5. The molecule has 104 valence electrons. The third-order valence-electron chi connectivity index (χ3n) is 3.56. The predicted molar refractivity (Wildman–Crippen MR) is 72.9 cm³/mol. The Bertz CT molecular complexity index is 573. The lowest BCUT2D eigenvalue weighted by molar-refractivity contribution is 0.148. The molecule has 7 heteroatoms. The molecule has 4 amide bonds. The van der Waals surface area contributed by atoms with Gasteiger partial charge >= 0.3 is 12.1 Å². The molecule has 2 heterocycles. The molecule has 1 aromatic rings. The minimum absolute atomic E-state index is 0.139. The fraction of sp³-hybridized carbons (Fsp3) is 0.308. The monoisotopic (exact) mass is 273 g/mol. The average Bonchev–Trinajstić information content (AvgIpc) is 2.89. The van der Waals surface area contributed by atoms with Crippen LogP contribution in [0, 0.1) is 0 Å². The van der Waals surface area contributed by atoms with E-state index in [9.17, 15) is 9.59 Å². The molecule has 2 unspecified atom stereocenters. The van der Waals surface area contributed by atoms with Crippen molar-refractivity contribution in [3.63, 3.8) is 0 Å². The molecule has 0 aromatic heterocycles. The smallest absolute Gasteiger partial charge is 0.312 e. The van der Waals surface area contributed by atoms with Gasteiger partial charge in [-0.25, -0.2) is 9.59 Å². The normalized spacial score (nSPS) is 25.6. The lowest BCUT2D eigenvalue weighted by Gasteiger charge is -2.21. The van der Waals surface area contributed by atoms with Crippen molar-refractivity contribution in [3.8, 4) is 0 Å². The molecule has 7 nitrogen and oxygen atoms in total. The second-order valence-corrected chi connectivity index (χ2v) is 4.81. The summed E-state index contributed by atoms with van der Waals surface area (Å²) in [7, 11) is 3.32. The van der Waals surface area contributed by atoms with Crippen LogP contribution in [0.5, 0.6) is 0 Å².